The molecule has 0 fully saturated rings. The number of amides is 2. The standard InChI is InChI=1S/C27H28ClN3O3/c1-17-15-25(30-23-10-8-22(28)9-11-23)24-16-21(7-12-26(24)31(17)18(2)33)19-3-5-20(6-4-19)27(34)29-13-14-32/h3-12,16-17,25,30,32H,13-15H2,1-2H3,(H,29,34)/t17-,25+/m0/s1. The van der Waals surface area contributed by atoms with Gasteiger partial charge in [-0.25, -0.2) is 0 Å². The van der Waals surface area contributed by atoms with Gasteiger partial charge in [-0.2, -0.15) is 0 Å². The first-order valence-corrected chi connectivity index (χ1v) is 11.7. The van der Waals surface area contributed by atoms with Gasteiger partial charge in [0.2, 0.25) is 5.91 Å². The number of rotatable bonds is 6. The topological polar surface area (TPSA) is 81.7 Å². The van der Waals surface area contributed by atoms with Crippen molar-refractivity contribution in [3.05, 3.63) is 82.9 Å². The maximum Gasteiger partial charge on any atom is 0.251 e. The van der Waals surface area contributed by atoms with Crippen LogP contribution in [0, 0.1) is 0 Å². The van der Waals surface area contributed by atoms with Gasteiger partial charge in [-0.1, -0.05) is 29.8 Å². The third kappa shape index (κ3) is 5.08. The maximum atomic E-state index is 12.4. The molecule has 0 bridgehead atoms. The van der Waals surface area contributed by atoms with Gasteiger partial charge in [-0.15, -0.1) is 0 Å². The summed E-state index contributed by atoms with van der Waals surface area (Å²) in [6.45, 7) is 3.79. The predicted octanol–water partition coefficient (Wildman–Crippen LogP) is 5.03. The van der Waals surface area contributed by atoms with Gasteiger partial charge in [-0.05, 0) is 78.6 Å². The zero-order chi connectivity index (χ0) is 24.2. The summed E-state index contributed by atoms with van der Waals surface area (Å²) in [5.41, 5.74) is 5.43. The highest BCUT2D eigenvalue weighted by atomic mass is 35.5. The number of hydrogen-bond donors (Lipinski definition) is 3. The van der Waals surface area contributed by atoms with E-state index in [0.717, 1.165) is 34.5 Å². The first-order valence-electron chi connectivity index (χ1n) is 11.3. The molecule has 2 atom stereocenters. The summed E-state index contributed by atoms with van der Waals surface area (Å²) < 4.78 is 0. The van der Waals surface area contributed by atoms with Gasteiger partial charge in [0.25, 0.3) is 5.91 Å². The molecule has 0 radical (unpaired) electrons. The molecule has 2 amide bonds. The monoisotopic (exact) mass is 477 g/mol. The Hall–Kier alpha value is -3.35. The summed E-state index contributed by atoms with van der Waals surface area (Å²) in [6.07, 6.45) is 0.766. The molecule has 0 aromatic heterocycles. The van der Waals surface area contributed by atoms with Crippen LogP contribution < -0.4 is 15.5 Å². The van der Waals surface area contributed by atoms with Crippen molar-refractivity contribution in [3.63, 3.8) is 0 Å². The Bertz CT molecular complexity index is 1180. The zero-order valence-electron chi connectivity index (χ0n) is 19.2. The lowest BCUT2D eigenvalue weighted by molar-refractivity contribution is -0.117. The second-order valence-corrected chi connectivity index (χ2v) is 8.94. The molecule has 7 heteroatoms. The van der Waals surface area contributed by atoms with Gasteiger partial charge in [-0.3, -0.25) is 9.59 Å². The molecule has 0 saturated carbocycles. The summed E-state index contributed by atoms with van der Waals surface area (Å²) in [4.78, 5) is 26.4. The molecule has 0 spiro atoms. The fourth-order valence-electron chi connectivity index (χ4n) is 4.49. The maximum absolute atomic E-state index is 12.4. The van der Waals surface area contributed by atoms with Gasteiger partial charge in [0.1, 0.15) is 0 Å². The van der Waals surface area contributed by atoms with Crippen LogP contribution in [0.5, 0.6) is 0 Å². The number of halogens is 1. The highest BCUT2D eigenvalue weighted by Gasteiger charge is 2.32. The summed E-state index contributed by atoms with van der Waals surface area (Å²) in [7, 11) is 0. The number of hydrogen-bond acceptors (Lipinski definition) is 4. The molecule has 4 rings (SSSR count). The van der Waals surface area contributed by atoms with Crippen molar-refractivity contribution in [2.45, 2.75) is 32.4 Å². The third-order valence-corrected chi connectivity index (χ3v) is 6.33. The fourth-order valence-corrected chi connectivity index (χ4v) is 4.62. The molecule has 34 heavy (non-hydrogen) atoms. The molecule has 0 unspecified atom stereocenters. The van der Waals surface area contributed by atoms with Gasteiger partial charge >= 0.3 is 0 Å². The minimum absolute atomic E-state index is 0.0182. The summed E-state index contributed by atoms with van der Waals surface area (Å²) in [5.74, 6) is -0.200. The van der Waals surface area contributed by atoms with Crippen LogP contribution in [0.3, 0.4) is 0 Å². The van der Waals surface area contributed by atoms with Crippen molar-refractivity contribution in [1.29, 1.82) is 0 Å². The highest BCUT2D eigenvalue weighted by molar-refractivity contribution is 6.30. The molecule has 1 aliphatic heterocycles. The summed E-state index contributed by atoms with van der Waals surface area (Å²) >= 11 is 6.05. The Labute approximate surface area is 204 Å². The SMILES string of the molecule is CC(=O)N1c2ccc(-c3ccc(C(=O)NCCO)cc3)cc2[C@H](Nc2ccc(Cl)cc2)C[C@@H]1C. The normalized spacial score (nSPS) is 17.1. The molecular weight excluding hydrogens is 450 g/mol. The van der Waals surface area contributed by atoms with E-state index >= 15 is 0 Å². The number of benzene rings is 3. The average molecular weight is 478 g/mol. The number of aliphatic hydroxyl groups excluding tert-OH is 1. The van der Waals surface area contributed by atoms with Crippen molar-refractivity contribution in [2.75, 3.05) is 23.4 Å². The Morgan fingerprint density at radius 1 is 1.03 bits per heavy atom. The molecular formula is C27H28ClN3O3. The smallest absolute Gasteiger partial charge is 0.251 e. The number of anilines is 2. The summed E-state index contributed by atoms with van der Waals surface area (Å²) in [5, 5.41) is 15.8. The number of aliphatic hydroxyl groups is 1. The fraction of sp³-hybridized carbons (Fsp3) is 0.259. The van der Waals surface area contributed by atoms with Crippen LogP contribution in [0.15, 0.2) is 66.7 Å². The second-order valence-electron chi connectivity index (χ2n) is 8.51. The van der Waals surface area contributed by atoms with Crippen molar-refractivity contribution in [3.8, 4) is 11.1 Å². The lowest BCUT2D eigenvalue weighted by Crippen LogP contribution is -2.43. The van der Waals surface area contributed by atoms with E-state index in [2.05, 4.69) is 23.6 Å². The van der Waals surface area contributed by atoms with E-state index < -0.39 is 0 Å². The zero-order valence-corrected chi connectivity index (χ0v) is 20.0. The first kappa shape index (κ1) is 23.8. The Morgan fingerprint density at radius 2 is 1.71 bits per heavy atom. The van der Waals surface area contributed by atoms with Crippen molar-refractivity contribution < 1.29 is 14.7 Å². The van der Waals surface area contributed by atoms with E-state index in [-0.39, 0.29) is 37.0 Å². The molecule has 3 aromatic rings. The molecule has 1 aliphatic rings. The van der Waals surface area contributed by atoms with E-state index in [4.69, 9.17) is 16.7 Å². The van der Waals surface area contributed by atoms with Crippen molar-refractivity contribution >= 4 is 34.8 Å². The third-order valence-electron chi connectivity index (χ3n) is 6.08. The van der Waals surface area contributed by atoms with Crippen molar-refractivity contribution in [2.24, 2.45) is 0 Å². The Balaban J connectivity index is 1.67. The van der Waals surface area contributed by atoms with Crippen molar-refractivity contribution in [1.82, 2.24) is 5.32 Å². The quantitative estimate of drug-likeness (QED) is 0.465. The van der Waals surface area contributed by atoms with Gasteiger partial charge in [0.05, 0.1) is 12.6 Å². The molecule has 0 aliphatic carbocycles. The largest absolute Gasteiger partial charge is 0.395 e. The number of carbonyl (C=O) groups is 2. The minimum Gasteiger partial charge on any atom is -0.395 e. The van der Waals surface area contributed by atoms with Crippen LogP contribution in [0.4, 0.5) is 11.4 Å². The molecule has 176 valence electrons. The van der Waals surface area contributed by atoms with E-state index in [1.807, 2.05) is 53.4 Å². The van der Waals surface area contributed by atoms with Gasteiger partial charge in [0, 0.05) is 41.5 Å². The van der Waals surface area contributed by atoms with Crippen LogP contribution in [0.1, 0.15) is 42.2 Å². The van der Waals surface area contributed by atoms with Gasteiger partial charge in [0.15, 0.2) is 0 Å². The minimum atomic E-state index is -0.218. The van der Waals surface area contributed by atoms with Crippen LogP contribution in [-0.4, -0.2) is 36.1 Å². The number of carbonyl (C=O) groups excluding carboxylic acids is 2. The first-order chi connectivity index (χ1) is 16.4. The van der Waals surface area contributed by atoms with Crippen LogP contribution in [-0.2, 0) is 4.79 Å². The van der Waals surface area contributed by atoms with Crippen LogP contribution in [0.2, 0.25) is 5.02 Å². The second kappa shape index (κ2) is 10.3. The average Bonchev–Trinajstić information content (AvgIpc) is 2.83. The molecule has 6 nitrogen and oxygen atoms in total. The lowest BCUT2D eigenvalue weighted by atomic mass is 9.88. The lowest BCUT2D eigenvalue weighted by Gasteiger charge is -2.39. The van der Waals surface area contributed by atoms with Crippen LogP contribution >= 0.6 is 11.6 Å². The molecule has 3 aromatic carbocycles. The van der Waals surface area contributed by atoms with E-state index in [0.29, 0.717) is 10.6 Å². The van der Waals surface area contributed by atoms with E-state index in [1.165, 1.54) is 0 Å². The summed E-state index contributed by atoms with van der Waals surface area (Å²) in [6, 6.07) is 21.2. The number of nitrogens with zero attached hydrogens (tertiary/aromatic N) is 1. The Morgan fingerprint density at radius 3 is 2.35 bits per heavy atom. The molecule has 3 N–H and O–H groups in total. The molecule has 1 heterocycles. The molecule has 0 saturated heterocycles. The number of fused-ring (bicyclic) bond motifs is 1. The highest BCUT2D eigenvalue weighted by Crippen LogP contribution is 2.41. The number of nitrogens with one attached hydrogen (secondary N) is 2. The van der Waals surface area contributed by atoms with E-state index in [1.54, 1.807) is 19.1 Å². The predicted molar refractivity (Wildman–Crippen MR) is 136 cm³/mol. The van der Waals surface area contributed by atoms with Gasteiger partial charge < -0.3 is 20.6 Å². The van der Waals surface area contributed by atoms with Crippen LogP contribution in [0.25, 0.3) is 11.1 Å². The van der Waals surface area contributed by atoms with E-state index in [9.17, 15) is 9.59 Å². The Kier molecular flexibility index (Phi) is 7.20.